The number of furan rings is 1. The maximum Gasteiger partial charge on any atom is 0.288 e. The van der Waals surface area contributed by atoms with Crippen molar-refractivity contribution in [1.29, 1.82) is 0 Å². The van der Waals surface area contributed by atoms with Gasteiger partial charge in [0.2, 0.25) is 0 Å². The summed E-state index contributed by atoms with van der Waals surface area (Å²) in [4.78, 5) is 17.6. The molecule has 0 radical (unpaired) electrons. The third-order valence-corrected chi connectivity index (χ3v) is 4.77. The highest BCUT2D eigenvalue weighted by Crippen LogP contribution is 2.33. The molecule has 0 fully saturated rings. The Morgan fingerprint density at radius 2 is 2.04 bits per heavy atom. The standard InChI is InChI=1S/C19H13F2N3O3S/c1-10-16-11(9-13(14-6-4-8-26-14)23-18(16)27-24-10)17(25)22-12-5-2-3-7-15(12)28-19(20)21/h2-9,19H,1H3,(H,22,25). The molecule has 0 aliphatic rings. The van der Waals surface area contributed by atoms with Crippen molar-refractivity contribution in [2.75, 3.05) is 5.32 Å². The zero-order valence-electron chi connectivity index (χ0n) is 14.5. The predicted molar refractivity (Wildman–Crippen MR) is 100 cm³/mol. The van der Waals surface area contributed by atoms with Crippen LogP contribution in [-0.2, 0) is 0 Å². The quantitative estimate of drug-likeness (QED) is 0.454. The van der Waals surface area contributed by atoms with Gasteiger partial charge in [0, 0.05) is 4.90 Å². The highest BCUT2D eigenvalue weighted by Gasteiger charge is 2.21. The van der Waals surface area contributed by atoms with Crippen molar-refractivity contribution in [3.05, 3.63) is 60.0 Å². The van der Waals surface area contributed by atoms with Crippen LogP contribution in [0.3, 0.4) is 0 Å². The van der Waals surface area contributed by atoms with E-state index in [0.29, 0.717) is 34.3 Å². The van der Waals surface area contributed by atoms with Crippen LogP contribution in [0.1, 0.15) is 16.1 Å². The number of halogens is 2. The lowest BCUT2D eigenvalue weighted by Gasteiger charge is -2.11. The van der Waals surface area contributed by atoms with Gasteiger partial charge in [0.05, 0.1) is 28.6 Å². The molecule has 1 amide bonds. The molecule has 1 aromatic carbocycles. The van der Waals surface area contributed by atoms with Crippen LogP contribution in [0.25, 0.3) is 22.6 Å². The molecule has 0 spiro atoms. The van der Waals surface area contributed by atoms with E-state index in [4.69, 9.17) is 8.94 Å². The summed E-state index contributed by atoms with van der Waals surface area (Å²) in [5, 5.41) is 7.02. The number of aryl methyl sites for hydroxylation is 1. The van der Waals surface area contributed by atoms with E-state index in [1.807, 2.05) is 0 Å². The maximum atomic E-state index is 13.0. The van der Waals surface area contributed by atoms with Crippen LogP contribution in [0, 0.1) is 6.92 Å². The number of para-hydroxylation sites is 1. The van der Waals surface area contributed by atoms with Crippen LogP contribution < -0.4 is 5.32 Å². The molecule has 1 N–H and O–H groups in total. The maximum absolute atomic E-state index is 13.0. The number of carbonyl (C=O) groups excluding carboxylic acids is 1. The molecule has 3 heterocycles. The number of amides is 1. The van der Waals surface area contributed by atoms with Gasteiger partial charge in [0.1, 0.15) is 5.69 Å². The number of alkyl halides is 2. The van der Waals surface area contributed by atoms with Crippen molar-refractivity contribution in [2.45, 2.75) is 17.6 Å². The number of anilines is 1. The first-order chi connectivity index (χ1) is 13.5. The van der Waals surface area contributed by atoms with Crippen LogP contribution in [0.4, 0.5) is 14.5 Å². The number of carbonyl (C=O) groups is 1. The van der Waals surface area contributed by atoms with E-state index >= 15 is 0 Å². The van der Waals surface area contributed by atoms with Gasteiger partial charge in [-0.2, -0.15) is 8.78 Å². The molecule has 0 aliphatic heterocycles. The van der Waals surface area contributed by atoms with E-state index < -0.39 is 11.7 Å². The van der Waals surface area contributed by atoms with Crippen molar-refractivity contribution in [3.63, 3.8) is 0 Å². The Morgan fingerprint density at radius 1 is 1.21 bits per heavy atom. The number of nitrogens with one attached hydrogen (secondary N) is 1. The molecule has 0 aliphatic carbocycles. The van der Waals surface area contributed by atoms with Gasteiger partial charge in [-0.3, -0.25) is 4.79 Å². The number of hydrogen-bond acceptors (Lipinski definition) is 6. The van der Waals surface area contributed by atoms with E-state index in [1.54, 1.807) is 43.3 Å². The minimum atomic E-state index is -2.60. The van der Waals surface area contributed by atoms with Crippen LogP contribution in [0.15, 0.2) is 62.6 Å². The molecule has 4 rings (SSSR count). The summed E-state index contributed by atoms with van der Waals surface area (Å²) in [6.45, 7) is 1.69. The minimum Gasteiger partial charge on any atom is -0.463 e. The zero-order chi connectivity index (χ0) is 19.7. The van der Waals surface area contributed by atoms with Crippen molar-refractivity contribution in [1.82, 2.24) is 10.1 Å². The molecule has 4 aromatic rings. The van der Waals surface area contributed by atoms with Gasteiger partial charge in [-0.25, -0.2) is 4.98 Å². The van der Waals surface area contributed by atoms with Crippen LogP contribution in [0.2, 0.25) is 0 Å². The molecule has 0 unspecified atom stereocenters. The third kappa shape index (κ3) is 3.48. The number of fused-ring (bicyclic) bond motifs is 1. The Kier molecular flexibility index (Phi) is 4.82. The number of benzene rings is 1. The fraction of sp³-hybridized carbons (Fsp3) is 0.105. The highest BCUT2D eigenvalue weighted by atomic mass is 32.2. The summed E-state index contributed by atoms with van der Waals surface area (Å²) >= 11 is 0.366. The average Bonchev–Trinajstić information content (AvgIpc) is 3.32. The number of rotatable bonds is 5. The van der Waals surface area contributed by atoms with Gasteiger partial charge in [-0.1, -0.05) is 29.1 Å². The average molecular weight is 401 g/mol. The van der Waals surface area contributed by atoms with Crippen LogP contribution in [-0.4, -0.2) is 21.8 Å². The molecule has 0 saturated heterocycles. The number of pyridine rings is 1. The summed E-state index contributed by atoms with van der Waals surface area (Å²) in [6.07, 6.45) is 1.49. The third-order valence-electron chi connectivity index (χ3n) is 3.99. The van der Waals surface area contributed by atoms with Gasteiger partial charge >= 0.3 is 0 Å². The molecule has 142 valence electrons. The molecular formula is C19H13F2N3O3S. The summed E-state index contributed by atoms with van der Waals surface area (Å²) in [6, 6.07) is 11.3. The van der Waals surface area contributed by atoms with E-state index in [-0.39, 0.29) is 21.9 Å². The van der Waals surface area contributed by atoms with Gasteiger partial charge in [0.15, 0.2) is 5.76 Å². The first kappa shape index (κ1) is 18.2. The normalized spacial score (nSPS) is 11.3. The van der Waals surface area contributed by atoms with Gasteiger partial charge < -0.3 is 14.3 Å². The lowest BCUT2D eigenvalue weighted by molar-refractivity contribution is 0.102. The molecule has 9 heteroatoms. The number of hydrogen-bond donors (Lipinski definition) is 1. The largest absolute Gasteiger partial charge is 0.463 e. The molecule has 3 aromatic heterocycles. The Hall–Kier alpha value is -3.20. The van der Waals surface area contributed by atoms with E-state index in [2.05, 4.69) is 15.5 Å². The van der Waals surface area contributed by atoms with Gasteiger partial charge in [0.25, 0.3) is 17.4 Å². The van der Waals surface area contributed by atoms with Crippen molar-refractivity contribution < 1.29 is 22.5 Å². The highest BCUT2D eigenvalue weighted by molar-refractivity contribution is 7.99. The topological polar surface area (TPSA) is 81.2 Å². The van der Waals surface area contributed by atoms with Crippen LogP contribution >= 0.6 is 11.8 Å². The van der Waals surface area contributed by atoms with Crippen molar-refractivity contribution in [3.8, 4) is 11.5 Å². The minimum absolute atomic E-state index is 0.187. The number of nitrogens with zero attached hydrogens (tertiary/aromatic N) is 2. The molecule has 6 nitrogen and oxygen atoms in total. The predicted octanol–water partition coefficient (Wildman–Crippen LogP) is 5.36. The second-order valence-corrected chi connectivity index (χ2v) is 6.84. The van der Waals surface area contributed by atoms with E-state index in [1.165, 1.54) is 12.3 Å². The molecular weight excluding hydrogens is 388 g/mol. The molecule has 0 atom stereocenters. The lowest BCUT2D eigenvalue weighted by atomic mass is 10.1. The molecule has 0 bridgehead atoms. The van der Waals surface area contributed by atoms with Crippen LogP contribution in [0.5, 0.6) is 0 Å². The molecule has 28 heavy (non-hydrogen) atoms. The SMILES string of the molecule is Cc1noc2nc(-c3ccco3)cc(C(=O)Nc3ccccc3SC(F)F)c12. The lowest BCUT2D eigenvalue weighted by Crippen LogP contribution is -2.14. The second kappa shape index (κ2) is 7.43. The van der Waals surface area contributed by atoms with E-state index in [9.17, 15) is 13.6 Å². The fourth-order valence-electron chi connectivity index (χ4n) is 2.78. The van der Waals surface area contributed by atoms with E-state index in [0.717, 1.165) is 0 Å². The summed E-state index contributed by atoms with van der Waals surface area (Å²) in [7, 11) is 0. The fourth-order valence-corrected chi connectivity index (χ4v) is 3.38. The second-order valence-electron chi connectivity index (χ2n) is 5.81. The first-order valence-electron chi connectivity index (χ1n) is 8.19. The summed E-state index contributed by atoms with van der Waals surface area (Å²) in [5.41, 5.74) is 1.62. The molecule has 0 saturated carbocycles. The first-order valence-corrected chi connectivity index (χ1v) is 9.07. The number of aromatic nitrogens is 2. The summed E-state index contributed by atoms with van der Waals surface area (Å²) in [5.74, 6) is -2.64. The Bertz CT molecular complexity index is 1140. The number of thioether (sulfide) groups is 1. The van der Waals surface area contributed by atoms with Gasteiger partial charge in [-0.05, 0) is 37.3 Å². The van der Waals surface area contributed by atoms with Crippen molar-refractivity contribution >= 4 is 34.5 Å². The smallest absolute Gasteiger partial charge is 0.288 e. The Labute approximate surface area is 161 Å². The summed E-state index contributed by atoms with van der Waals surface area (Å²) < 4.78 is 36.2. The van der Waals surface area contributed by atoms with Crippen molar-refractivity contribution in [2.24, 2.45) is 0 Å². The Morgan fingerprint density at radius 3 is 2.79 bits per heavy atom. The monoisotopic (exact) mass is 401 g/mol. The Balaban J connectivity index is 1.76. The van der Waals surface area contributed by atoms with Gasteiger partial charge in [-0.15, -0.1) is 0 Å². The zero-order valence-corrected chi connectivity index (χ0v) is 15.3.